The molecule has 0 aliphatic carbocycles. The molecule has 1 unspecified atom stereocenters. The molecule has 10 heteroatoms. The van der Waals surface area contributed by atoms with Crippen molar-refractivity contribution in [3.63, 3.8) is 0 Å². The van der Waals surface area contributed by atoms with Crippen LogP contribution in [0.3, 0.4) is 0 Å². The molecule has 2 N–H and O–H groups in total. The largest absolute Gasteiger partial charge is 0.478 e. The van der Waals surface area contributed by atoms with E-state index in [1.54, 1.807) is 30.5 Å². The van der Waals surface area contributed by atoms with Gasteiger partial charge in [-0.25, -0.2) is 14.2 Å². The summed E-state index contributed by atoms with van der Waals surface area (Å²) >= 11 is 5.33. The van der Waals surface area contributed by atoms with Gasteiger partial charge in [0.2, 0.25) is 5.88 Å². The Hall–Kier alpha value is -2.75. The molecule has 1 fully saturated rings. The normalized spacial score (nSPS) is 15.5. The van der Waals surface area contributed by atoms with Crippen LogP contribution in [0.25, 0.3) is 11.4 Å². The summed E-state index contributed by atoms with van der Waals surface area (Å²) in [4.78, 5) is 17.2. The van der Waals surface area contributed by atoms with E-state index in [0.717, 1.165) is 26.3 Å². The number of aromatic nitrogens is 3. The minimum absolute atomic E-state index is 0.174. The molecule has 1 atom stereocenters. The molecule has 0 saturated carbocycles. The Morgan fingerprint density at radius 1 is 1.29 bits per heavy atom. The van der Waals surface area contributed by atoms with Crippen LogP contribution in [0, 0.1) is 11.7 Å². The average molecular weight is 453 g/mol. The zero-order valence-electron chi connectivity index (χ0n) is 17.4. The lowest BCUT2D eigenvalue weighted by molar-refractivity contribution is 0.128. The quantitative estimate of drug-likeness (QED) is 0.626. The molecule has 1 saturated heterocycles. The van der Waals surface area contributed by atoms with Crippen molar-refractivity contribution in [3.05, 3.63) is 64.0 Å². The van der Waals surface area contributed by atoms with Gasteiger partial charge in [-0.2, -0.15) is 0 Å². The van der Waals surface area contributed by atoms with Crippen LogP contribution < -0.4 is 15.8 Å². The Morgan fingerprint density at radius 3 is 2.68 bits per heavy atom. The van der Waals surface area contributed by atoms with Gasteiger partial charge < -0.3 is 14.8 Å². The maximum Gasteiger partial charge on any atom is 0.439 e. The standard InChI is InChI=1S/C9H9N3O3.C6H4ClF.C6H13NO/c1-2-14-7-4-3-6(5-10-7)8-11-9(13)15-12-8;7-5-3-1-2-4-6(5)8;1-6-4-7-2-3-8-5-6/h3-5H,2H2,1H3,(H,11,12,13);1-4H;6-7H,2-5H2,1H3. The molecular weight excluding hydrogens is 427 g/mol. The number of aromatic amines is 1. The van der Waals surface area contributed by atoms with E-state index in [1.807, 2.05) is 6.92 Å². The fourth-order valence-corrected chi connectivity index (χ4v) is 2.52. The van der Waals surface area contributed by atoms with Crippen molar-refractivity contribution in [2.45, 2.75) is 13.8 Å². The van der Waals surface area contributed by atoms with Crippen molar-refractivity contribution in [1.29, 1.82) is 0 Å². The molecule has 0 amide bonds. The molecular formula is C21H26ClFN4O4. The lowest BCUT2D eigenvalue weighted by Crippen LogP contribution is -2.20. The minimum Gasteiger partial charge on any atom is -0.478 e. The highest BCUT2D eigenvalue weighted by Gasteiger charge is 2.05. The number of hydrogen-bond donors (Lipinski definition) is 2. The summed E-state index contributed by atoms with van der Waals surface area (Å²) in [6, 6.07) is 9.56. The van der Waals surface area contributed by atoms with Crippen molar-refractivity contribution in [2.75, 3.05) is 32.9 Å². The Morgan fingerprint density at radius 2 is 2.10 bits per heavy atom. The highest BCUT2D eigenvalue weighted by Crippen LogP contribution is 2.15. The van der Waals surface area contributed by atoms with Gasteiger partial charge in [-0.3, -0.25) is 9.51 Å². The maximum atomic E-state index is 12.2. The molecule has 3 heterocycles. The van der Waals surface area contributed by atoms with Crippen LogP contribution in [-0.2, 0) is 4.74 Å². The molecule has 168 valence electrons. The number of H-pyrrole nitrogens is 1. The summed E-state index contributed by atoms with van der Waals surface area (Å²) in [5.41, 5.74) is 0.671. The van der Waals surface area contributed by atoms with Crippen LogP contribution in [0.4, 0.5) is 4.39 Å². The molecule has 0 bridgehead atoms. The van der Waals surface area contributed by atoms with Crippen LogP contribution in [-0.4, -0.2) is 48.0 Å². The topological polar surface area (TPSA) is 102 Å². The van der Waals surface area contributed by atoms with Crippen LogP contribution >= 0.6 is 11.6 Å². The number of ether oxygens (including phenoxy) is 2. The fraction of sp³-hybridized carbons (Fsp3) is 0.381. The van der Waals surface area contributed by atoms with Crippen LogP contribution in [0.1, 0.15) is 13.8 Å². The van der Waals surface area contributed by atoms with Crippen molar-refractivity contribution >= 4 is 11.6 Å². The predicted molar refractivity (Wildman–Crippen MR) is 116 cm³/mol. The monoisotopic (exact) mass is 452 g/mol. The van der Waals surface area contributed by atoms with E-state index in [-0.39, 0.29) is 10.8 Å². The third-order valence-corrected chi connectivity index (χ3v) is 4.19. The number of rotatable bonds is 3. The third kappa shape index (κ3) is 9.29. The molecule has 1 aliphatic heterocycles. The number of nitrogens with zero attached hydrogens (tertiary/aromatic N) is 2. The van der Waals surface area contributed by atoms with E-state index in [0.29, 0.717) is 29.8 Å². The number of pyridine rings is 1. The lowest BCUT2D eigenvalue weighted by atomic mass is 10.2. The first-order valence-electron chi connectivity index (χ1n) is 9.83. The Bertz CT molecular complexity index is 920. The van der Waals surface area contributed by atoms with Gasteiger partial charge in [0.05, 0.1) is 24.8 Å². The fourth-order valence-electron chi connectivity index (χ4n) is 2.38. The summed E-state index contributed by atoms with van der Waals surface area (Å²) in [6.07, 6.45) is 1.55. The Balaban J connectivity index is 0.000000181. The van der Waals surface area contributed by atoms with Gasteiger partial charge in [-0.1, -0.05) is 35.8 Å². The zero-order valence-corrected chi connectivity index (χ0v) is 18.2. The number of halogens is 2. The summed E-state index contributed by atoms with van der Waals surface area (Å²) < 4.78 is 27.0. The molecule has 3 aromatic rings. The van der Waals surface area contributed by atoms with Crippen molar-refractivity contribution in [1.82, 2.24) is 20.4 Å². The minimum atomic E-state index is -0.584. The van der Waals surface area contributed by atoms with Gasteiger partial charge in [0.15, 0.2) is 5.82 Å². The molecule has 8 nitrogen and oxygen atoms in total. The summed E-state index contributed by atoms with van der Waals surface area (Å²) in [5, 5.41) is 6.98. The Labute approximate surface area is 184 Å². The van der Waals surface area contributed by atoms with Crippen LogP contribution in [0.5, 0.6) is 5.88 Å². The van der Waals surface area contributed by atoms with E-state index >= 15 is 0 Å². The van der Waals surface area contributed by atoms with E-state index in [9.17, 15) is 9.18 Å². The maximum absolute atomic E-state index is 12.2. The third-order valence-electron chi connectivity index (χ3n) is 3.89. The first kappa shape index (κ1) is 24.5. The van der Waals surface area contributed by atoms with Gasteiger partial charge >= 0.3 is 5.76 Å². The second kappa shape index (κ2) is 13.5. The van der Waals surface area contributed by atoms with Crippen molar-refractivity contribution in [2.24, 2.45) is 5.92 Å². The SMILES string of the molecule is CC1CNCCOC1.CCOc1ccc(-c2noc(=O)[nH]2)cn1.Fc1ccccc1Cl. The second-order valence-corrected chi connectivity index (χ2v) is 6.97. The first-order valence-corrected chi connectivity index (χ1v) is 10.2. The first-order chi connectivity index (χ1) is 15.0. The number of nitrogens with one attached hydrogen (secondary N) is 2. The molecule has 1 aliphatic rings. The molecule has 0 spiro atoms. The second-order valence-electron chi connectivity index (χ2n) is 6.56. The van der Waals surface area contributed by atoms with Crippen molar-refractivity contribution in [3.8, 4) is 17.3 Å². The smallest absolute Gasteiger partial charge is 0.439 e. The van der Waals surface area contributed by atoms with E-state index < -0.39 is 5.76 Å². The van der Waals surface area contributed by atoms with Crippen LogP contribution in [0.2, 0.25) is 5.02 Å². The molecule has 4 rings (SSSR count). The zero-order chi connectivity index (χ0) is 22.5. The summed E-state index contributed by atoms with van der Waals surface area (Å²) in [5.74, 6) is 0.633. The lowest BCUT2D eigenvalue weighted by Gasteiger charge is -2.03. The van der Waals surface area contributed by atoms with Gasteiger partial charge in [0, 0.05) is 24.4 Å². The predicted octanol–water partition coefficient (Wildman–Crippen LogP) is 3.55. The van der Waals surface area contributed by atoms with E-state index in [2.05, 4.69) is 31.9 Å². The van der Waals surface area contributed by atoms with Gasteiger partial charge in [-0.05, 0) is 37.6 Å². The van der Waals surface area contributed by atoms with Crippen molar-refractivity contribution < 1.29 is 18.4 Å². The van der Waals surface area contributed by atoms with E-state index in [4.69, 9.17) is 21.1 Å². The molecule has 2 aromatic heterocycles. The number of benzene rings is 1. The molecule has 0 radical (unpaired) electrons. The van der Waals surface area contributed by atoms with Gasteiger partial charge in [0.1, 0.15) is 5.82 Å². The highest BCUT2D eigenvalue weighted by atomic mass is 35.5. The van der Waals surface area contributed by atoms with Gasteiger partial charge in [-0.15, -0.1) is 0 Å². The molecule has 1 aromatic carbocycles. The Kier molecular flexibility index (Phi) is 10.7. The van der Waals surface area contributed by atoms with E-state index in [1.165, 1.54) is 12.1 Å². The summed E-state index contributed by atoms with van der Waals surface area (Å²) in [7, 11) is 0. The van der Waals surface area contributed by atoms with Gasteiger partial charge in [0.25, 0.3) is 0 Å². The summed E-state index contributed by atoms with van der Waals surface area (Å²) in [6.45, 7) is 8.57. The highest BCUT2D eigenvalue weighted by molar-refractivity contribution is 6.30. The van der Waals surface area contributed by atoms with Crippen LogP contribution in [0.15, 0.2) is 51.9 Å². The molecule has 31 heavy (non-hydrogen) atoms. The average Bonchev–Trinajstić information content (AvgIpc) is 3.06. The number of hydrogen-bond acceptors (Lipinski definition) is 7.